The van der Waals surface area contributed by atoms with Crippen molar-refractivity contribution in [1.82, 2.24) is 15.2 Å². The second-order valence-corrected chi connectivity index (χ2v) is 8.71. The van der Waals surface area contributed by atoms with E-state index in [1.165, 1.54) is 48.1 Å². The molecule has 1 saturated heterocycles. The van der Waals surface area contributed by atoms with Crippen LogP contribution in [0, 0.1) is 18.6 Å². The van der Waals surface area contributed by atoms with Crippen LogP contribution in [-0.4, -0.2) is 23.1 Å². The van der Waals surface area contributed by atoms with Crippen LogP contribution in [-0.2, 0) is 13.1 Å². The number of hydrogen-bond donors (Lipinski definition) is 2. The van der Waals surface area contributed by atoms with Crippen LogP contribution in [0.5, 0.6) is 0 Å². The lowest BCUT2D eigenvalue weighted by Gasteiger charge is -2.20. The zero-order valence-electron chi connectivity index (χ0n) is 18.8. The Bertz CT molecular complexity index is 1210. The van der Waals surface area contributed by atoms with Gasteiger partial charge in [-0.25, -0.2) is 8.78 Å². The van der Waals surface area contributed by atoms with E-state index >= 15 is 0 Å². The summed E-state index contributed by atoms with van der Waals surface area (Å²) in [5.41, 5.74) is 0.929. The van der Waals surface area contributed by atoms with Crippen LogP contribution < -0.4 is 16.2 Å². The van der Waals surface area contributed by atoms with Crippen LogP contribution >= 0.6 is 0 Å². The molecular formula is C26H29F2N3O2. The highest BCUT2D eigenvalue weighted by molar-refractivity contribution is 6.07. The molecule has 2 fully saturated rings. The van der Waals surface area contributed by atoms with Crippen LogP contribution in [0.25, 0.3) is 10.8 Å². The second-order valence-electron chi connectivity index (χ2n) is 8.71. The minimum atomic E-state index is -0.648. The minimum Gasteiger partial charge on any atom is -0.348 e. The number of halogens is 2. The maximum Gasteiger partial charge on any atom is 0.261 e. The summed E-state index contributed by atoms with van der Waals surface area (Å²) in [7, 11) is 0. The summed E-state index contributed by atoms with van der Waals surface area (Å²) in [4.78, 5) is 26.2. The molecule has 2 N–H and O–H groups in total. The van der Waals surface area contributed by atoms with Gasteiger partial charge in [-0.1, -0.05) is 43.5 Å². The van der Waals surface area contributed by atoms with E-state index in [0.717, 1.165) is 19.4 Å². The van der Waals surface area contributed by atoms with Crippen molar-refractivity contribution >= 4 is 16.7 Å². The number of aromatic nitrogens is 1. The molecule has 7 heteroatoms. The zero-order chi connectivity index (χ0) is 23.4. The topological polar surface area (TPSA) is 63.1 Å². The van der Waals surface area contributed by atoms with Crippen LogP contribution in [0.15, 0.2) is 47.3 Å². The largest absolute Gasteiger partial charge is 0.348 e. The van der Waals surface area contributed by atoms with Gasteiger partial charge in [0.05, 0.1) is 10.9 Å². The van der Waals surface area contributed by atoms with E-state index < -0.39 is 17.3 Å². The Morgan fingerprint density at radius 1 is 1.12 bits per heavy atom. The molecule has 3 aromatic rings. The molecule has 2 aromatic carbocycles. The van der Waals surface area contributed by atoms with Gasteiger partial charge in [0.15, 0.2) is 0 Å². The van der Waals surface area contributed by atoms with E-state index in [-0.39, 0.29) is 34.7 Å². The van der Waals surface area contributed by atoms with Crippen LogP contribution in [0.1, 0.15) is 53.7 Å². The maximum absolute atomic E-state index is 14.6. The predicted octanol–water partition coefficient (Wildman–Crippen LogP) is 4.44. The second kappa shape index (κ2) is 10.3. The van der Waals surface area contributed by atoms with Crippen molar-refractivity contribution in [2.45, 2.75) is 58.2 Å². The maximum atomic E-state index is 14.6. The van der Waals surface area contributed by atoms with Crippen LogP contribution in [0.3, 0.4) is 0 Å². The number of carbonyl (C=O) groups is 1. The first-order valence-electron chi connectivity index (χ1n) is 11.5. The van der Waals surface area contributed by atoms with Crippen molar-refractivity contribution < 1.29 is 13.6 Å². The van der Waals surface area contributed by atoms with E-state index in [1.807, 2.05) is 0 Å². The van der Waals surface area contributed by atoms with Crippen molar-refractivity contribution in [3.8, 4) is 0 Å². The van der Waals surface area contributed by atoms with E-state index in [9.17, 15) is 18.4 Å². The molecule has 1 aliphatic heterocycles. The minimum absolute atomic E-state index is 0.0861. The first kappa shape index (κ1) is 23.1. The van der Waals surface area contributed by atoms with Gasteiger partial charge in [0.1, 0.15) is 11.6 Å². The highest BCUT2D eigenvalue weighted by atomic mass is 19.1. The summed E-state index contributed by atoms with van der Waals surface area (Å²) >= 11 is 0. The third-order valence-electron chi connectivity index (χ3n) is 6.00. The van der Waals surface area contributed by atoms with Gasteiger partial charge in [-0.2, -0.15) is 0 Å². The van der Waals surface area contributed by atoms with E-state index in [2.05, 4.69) is 10.6 Å². The molecular weight excluding hydrogens is 424 g/mol. The lowest BCUT2D eigenvalue weighted by Crippen LogP contribution is -2.36. The molecule has 1 unspecified atom stereocenters. The van der Waals surface area contributed by atoms with Gasteiger partial charge < -0.3 is 15.2 Å². The van der Waals surface area contributed by atoms with Gasteiger partial charge in [0.25, 0.3) is 11.5 Å². The quantitative estimate of drug-likeness (QED) is 0.600. The third kappa shape index (κ3) is 5.47. The Balaban J connectivity index is 0.000000799. The van der Waals surface area contributed by atoms with Crippen LogP contribution in [0.2, 0.25) is 0 Å². The number of nitrogens with one attached hydrogen (secondary N) is 2. The molecule has 1 aliphatic carbocycles. The molecule has 0 spiro atoms. The highest BCUT2D eigenvalue weighted by Gasteiger charge is 2.23. The van der Waals surface area contributed by atoms with E-state index in [4.69, 9.17) is 0 Å². The molecule has 2 heterocycles. The first-order valence-corrected chi connectivity index (χ1v) is 11.5. The summed E-state index contributed by atoms with van der Waals surface area (Å²) in [5, 5.41) is 6.31. The molecule has 174 valence electrons. The Morgan fingerprint density at radius 3 is 2.55 bits per heavy atom. The number of benzene rings is 2. The van der Waals surface area contributed by atoms with Crippen molar-refractivity contribution in [2.24, 2.45) is 0 Å². The fourth-order valence-electron chi connectivity index (χ4n) is 4.12. The number of rotatable bonds is 5. The van der Waals surface area contributed by atoms with Crippen LogP contribution in [0.4, 0.5) is 8.78 Å². The molecule has 1 saturated carbocycles. The number of amides is 1. The molecule has 5 nitrogen and oxygen atoms in total. The normalized spacial score (nSPS) is 16.9. The summed E-state index contributed by atoms with van der Waals surface area (Å²) in [6, 6.07) is 10.4. The van der Waals surface area contributed by atoms with Gasteiger partial charge in [-0.3, -0.25) is 9.59 Å². The number of pyridine rings is 1. The lowest BCUT2D eigenvalue weighted by molar-refractivity contribution is 0.0951. The van der Waals surface area contributed by atoms with Crippen molar-refractivity contribution in [2.75, 3.05) is 6.54 Å². The lowest BCUT2D eigenvalue weighted by atomic mass is 10.0. The average Bonchev–Trinajstić information content (AvgIpc) is 3.59. The van der Waals surface area contributed by atoms with Gasteiger partial charge in [-0.15, -0.1) is 0 Å². The van der Waals surface area contributed by atoms with Crippen molar-refractivity contribution in [3.63, 3.8) is 0 Å². The van der Waals surface area contributed by atoms with Gasteiger partial charge >= 0.3 is 0 Å². The van der Waals surface area contributed by atoms with Gasteiger partial charge in [0, 0.05) is 30.2 Å². The van der Waals surface area contributed by atoms with Crippen molar-refractivity contribution in [1.29, 1.82) is 0 Å². The number of fused-ring (bicyclic) bond motifs is 1. The summed E-state index contributed by atoms with van der Waals surface area (Å²) < 4.78 is 29.5. The van der Waals surface area contributed by atoms with Crippen molar-refractivity contribution in [3.05, 3.63) is 81.3 Å². The molecule has 1 amide bonds. The smallest absolute Gasteiger partial charge is 0.261 e. The number of nitrogens with zero attached hydrogens (tertiary/aromatic N) is 1. The summed E-state index contributed by atoms with van der Waals surface area (Å²) in [5.74, 6) is -1.46. The van der Waals surface area contributed by atoms with Gasteiger partial charge in [-0.05, 0) is 50.1 Å². The summed E-state index contributed by atoms with van der Waals surface area (Å²) in [6.45, 7) is 3.08. The molecule has 0 radical (unpaired) electrons. The average molecular weight is 454 g/mol. The number of carbonyl (C=O) groups excluding carboxylic acids is 1. The predicted molar refractivity (Wildman–Crippen MR) is 125 cm³/mol. The first-order chi connectivity index (χ1) is 16.0. The molecule has 5 rings (SSSR count). The zero-order valence-corrected chi connectivity index (χ0v) is 18.8. The molecule has 2 aliphatic rings. The molecule has 1 atom stereocenters. The number of hydrogen-bond acceptors (Lipinski definition) is 3. The molecule has 1 aromatic heterocycles. The standard InChI is InChI=1S/C23H23F2N3O2.C3H6/c1-14-20(22(29)27-12-15-5-2-6-16(24)11-15)18-8-3-9-19(25)21(18)23(30)28(14)13-17-7-4-10-26-17;1-2-3-1/h2-3,5-6,8-9,11,17,26H,4,7,10,12-13H2,1H3,(H,27,29);1-3H2. The highest BCUT2D eigenvalue weighted by Crippen LogP contribution is 2.23. The van der Waals surface area contributed by atoms with Gasteiger partial charge in [0.2, 0.25) is 0 Å². The SMILES string of the molecule is C1CC1.Cc1c(C(=O)NCc2cccc(F)c2)c2cccc(F)c2c(=O)n1CC1CCCN1. The monoisotopic (exact) mass is 453 g/mol. The summed E-state index contributed by atoms with van der Waals surface area (Å²) in [6.07, 6.45) is 6.43. The molecule has 33 heavy (non-hydrogen) atoms. The Hall–Kier alpha value is -3.06. The fraction of sp³-hybridized carbons (Fsp3) is 0.385. The fourth-order valence-corrected chi connectivity index (χ4v) is 4.12. The Labute approximate surface area is 191 Å². The Morgan fingerprint density at radius 2 is 1.88 bits per heavy atom. The molecule has 0 bridgehead atoms. The van der Waals surface area contributed by atoms with E-state index in [0.29, 0.717) is 17.8 Å². The Kier molecular flexibility index (Phi) is 7.18. The third-order valence-corrected chi connectivity index (χ3v) is 6.00. The van der Waals surface area contributed by atoms with E-state index in [1.54, 1.807) is 25.1 Å².